The summed E-state index contributed by atoms with van der Waals surface area (Å²) in [6.45, 7) is 4.11. The van der Waals surface area contributed by atoms with Crippen LogP contribution in [0.2, 0.25) is 0 Å². The van der Waals surface area contributed by atoms with Crippen molar-refractivity contribution in [3.05, 3.63) is 71.8 Å². The van der Waals surface area contributed by atoms with E-state index in [1.165, 1.54) is 0 Å². The van der Waals surface area contributed by atoms with Crippen LogP contribution in [0.15, 0.2) is 65.7 Å². The Bertz CT molecular complexity index is 600. The van der Waals surface area contributed by atoms with Gasteiger partial charge in [-0.15, -0.1) is 0 Å². The summed E-state index contributed by atoms with van der Waals surface area (Å²) < 4.78 is 0. The van der Waals surface area contributed by atoms with Gasteiger partial charge in [-0.3, -0.25) is 9.79 Å². The number of hydrogen-bond acceptors (Lipinski definition) is 2. The smallest absolute Gasteiger partial charge is 0.163 e. The maximum atomic E-state index is 12.2. The van der Waals surface area contributed by atoms with E-state index in [9.17, 15) is 4.79 Å². The standard InChI is InChI=1S/C19H21NO/c1-15(2)20-18(16-9-5-3-6-10-16)13-14-19(21)17-11-7-4-8-12-17/h3-12,15H,13-14H2,1-2H3. The van der Waals surface area contributed by atoms with Gasteiger partial charge in [0.15, 0.2) is 5.78 Å². The number of carbonyl (C=O) groups excluding carboxylic acids is 1. The molecule has 0 saturated carbocycles. The van der Waals surface area contributed by atoms with Gasteiger partial charge in [0.05, 0.1) is 0 Å². The molecule has 0 bridgehead atoms. The Kier molecular flexibility index (Phi) is 5.44. The zero-order valence-corrected chi connectivity index (χ0v) is 12.6. The molecule has 0 aliphatic heterocycles. The molecule has 0 saturated heterocycles. The van der Waals surface area contributed by atoms with Crippen molar-refractivity contribution in [2.24, 2.45) is 4.99 Å². The SMILES string of the molecule is CC(C)N=C(CCC(=O)c1ccccc1)c1ccccc1. The molecule has 108 valence electrons. The van der Waals surface area contributed by atoms with Crippen LogP contribution in [0.1, 0.15) is 42.6 Å². The predicted octanol–water partition coefficient (Wildman–Crippen LogP) is 4.55. The number of Topliss-reactive ketones (excluding diaryl/α,β-unsaturated/α-hetero) is 1. The molecule has 0 heterocycles. The molecule has 0 aliphatic rings. The molecule has 2 aromatic carbocycles. The molecule has 2 nitrogen and oxygen atoms in total. The van der Waals surface area contributed by atoms with Gasteiger partial charge in [-0.05, 0) is 25.8 Å². The summed E-state index contributed by atoms with van der Waals surface area (Å²) in [5, 5.41) is 0. The summed E-state index contributed by atoms with van der Waals surface area (Å²) in [5.41, 5.74) is 2.89. The summed E-state index contributed by atoms with van der Waals surface area (Å²) in [4.78, 5) is 16.9. The second-order valence-electron chi connectivity index (χ2n) is 5.32. The molecule has 0 amide bonds. The third-order valence-electron chi connectivity index (χ3n) is 3.21. The van der Waals surface area contributed by atoms with Crippen LogP contribution in [0, 0.1) is 0 Å². The first kappa shape index (κ1) is 15.2. The van der Waals surface area contributed by atoms with Gasteiger partial charge in [-0.1, -0.05) is 60.7 Å². The monoisotopic (exact) mass is 279 g/mol. The number of ketones is 1. The minimum atomic E-state index is 0.169. The van der Waals surface area contributed by atoms with E-state index in [-0.39, 0.29) is 11.8 Å². The molecule has 0 N–H and O–H groups in total. The molecule has 0 aliphatic carbocycles. The highest BCUT2D eigenvalue weighted by Crippen LogP contribution is 2.12. The number of hydrogen-bond donors (Lipinski definition) is 0. The van der Waals surface area contributed by atoms with E-state index in [4.69, 9.17) is 0 Å². The van der Waals surface area contributed by atoms with E-state index in [2.05, 4.69) is 18.8 Å². The number of nitrogens with zero attached hydrogens (tertiary/aromatic N) is 1. The van der Waals surface area contributed by atoms with Crippen molar-refractivity contribution in [3.63, 3.8) is 0 Å². The van der Waals surface area contributed by atoms with Crippen LogP contribution >= 0.6 is 0 Å². The summed E-state index contributed by atoms with van der Waals surface area (Å²) in [7, 11) is 0. The summed E-state index contributed by atoms with van der Waals surface area (Å²) >= 11 is 0. The van der Waals surface area contributed by atoms with E-state index in [1.807, 2.05) is 60.7 Å². The molecule has 2 rings (SSSR count). The Balaban J connectivity index is 2.09. The van der Waals surface area contributed by atoms with Crippen molar-refractivity contribution in [1.82, 2.24) is 0 Å². The van der Waals surface area contributed by atoms with Gasteiger partial charge >= 0.3 is 0 Å². The van der Waals surface area contributed by atoms with Gasteiger partial charge in [0.2, 0.25) is 0 Å². The average molecular weight is 279 g/mol. The van der Waals surface area contributed by atoms with Gasteiger partial charge in [-0.25, -0.2) is 0 Å². The Morgan fingerprint density at radius 3 is 1.90 bits per heavy atom. The van der Waals surface area contributed by atoms with Crippen LogP contribution in [-0.4, -0.2) is 17.5 Å². The maximum Gasteiger partial charge on any atom is 0.163 e. The topological polar surface area (TPSA) is 29.4 Å². The van der Waals surface area contributed by atoms with Crippen molar-refractivity contribution in [3.8, 4) is 0 Å². The van der Waals surface area contributed by atoms with Gasteiger partial charge in [0.25, 0.3) is 0 Å². The Morgan fingerprint density at radius 1 is 0.857 bits per heavy atom. The summed E-state index contributed by atoms with van der Waals surface area (Å²) in [5.74, 6) is 0.169. The van der Waals surface area contributed by atoms with E-state index in [0.29, 0.717) is 12.8 Å². The molecule has 2 aromatic rings. The largest absolute Gasteiger partial charge is 0.294 e. The predicted molar refractivity (Wildman–Crippen MR) is 88.1 cm³/mol. The molecule has 0 spiro atoms. The fourth-order valence-corrected chi connectivity index (χ4v) is 2.23. The summed E-state index contributed by atoms with van der Waals surface area (Å²) in [6.07, 6.45) is 1.17. The van der Waals surface area contributed by atoms with Gasteiger partial charge in [-0.2, -0.15) is 0 Å². The quantitative estimate of drug-likeness (QED) is 0.563. The van der Waals surface area contributed by atoms with Crippen LogP contribution in [-0.2, 0) is 0 Å². The zero-order chi connectivity index (χ0) is 15.1. The third kappa shape index (κ3) is 4.67. The Hall–Kier alpha value is -2.22. The normalized spacial score (nSPS) is 11.7. The van der Waals surface area contributed by atoms with Crippen molar-refractivity contribution in [2.75, 3.05) is 0 Å². The first-order valence-corrected chi connectivity index (χ1v) is 7.37. The number of benzene rings is 2. The molecule has 2 heteroatoms. The van der Waals surface area contributed by atoms with E-state index < -0.39 is 0 Å². The lowest BCUT2D eigenvalue weighted by atomic mass is 10.0. The first-order valence-electron chi connectivity index (χ1n) is 7.37. The number of aliphatic imine (C=N–C) groups is 1. The third-order valence-corrected chi connectivity index (χ3v) is 3.21. The van der Waals surface area contributed by atoms with E-state index in [1.54, 1.807) is 0 Å². The zero-order valence-electron chi connectivity index (χ0n) is 12.6. The molecular formula is C19H21NO. The van der Waals surface area contributed by atoms with Crippen molar-refractivity contribution >= 4 is 11.5 Å². The van der Waals surface area contributed by atoms with E-state index >= 15 is 0 Å². The second-order valence-corrected chi connectivity index (χ2v) is 5.32. The van der Waals surface area contributed by atoms with Gasteiger partial charge in [0.1, 0.15) is 0 Å². The van der Waals surface area contributed by atoms with Crippen LogP contribution in [0.5, 0.6) is 0 Å². The van der Waals surface area contributed by atoms with Crippen molar-refractivity contribution < 1.29 is 4.79 Å². The van der Waals surface area contributed by atoms with Crippen molar-refractivity contribution in [1.29, 1.82) is 0 Å². The number of carbonyl (C=O) groups is 1. The Morgan fingerprint density at radius 2 is 1.38 bits per heavy atom. The lowest BCUT2D eigenvalue weighted by Gasteiger charge is -2.09. The van der Waals surface area contributed by atoms with Crippen LogP contribution in [0.4, 0.5) is 0 Å². The molecule has 21 heavy (non-hydrogen) atoms. The molecule has 0 atom stereocenters. The Labute approximate surface area is 126 Å². The van der Waals surface area contributed by atoms with Gasteiger partial charge < -0.3 is 0 Å². The fraction of sp³-hybridized carbons (Fsp3) is 0.263. The summed E-state index contributed by atoms with van der Waals surface area (Å²) in [6, 6.07) is 19.8. The second kappa shape index (κ2) is 7.53. The first-order chi connectivity index (χ1) is 10.2. The molecule has 0 fully saturated rings. The minimum Gasteiger partial charge on any atom is -0.294 e. The van der Waals surface area contributed by atoms with Crippen molar-refractivity contribution in [2.45, 2.75) is 32.7 Å². The van der Waals surface area contributed by atoms with Gasteiger partial charge in [0, 0.05) is 23.7 Å². The molecular weight excluding hydrogens is 258 g/mol. The average Bonchev–Trinajstić information content (AvgIpc) is 2.52. The minimum absolute atomic E-state index is 0.169. The van der Waals surface area contributed by atoms with E-state index in [0.717, 1.165) is 16.8 Å². The molecule has 0 aromatic heterocycles. The highest BCUT2D eigenvalue weighted by molar-refractivity contribution is 6.04. The lowest BCUT2D eigenvalue weighted by molar-refractivity contribution is 0.0985. The fourth-order valence-electron chi connectivity index (χ4n) is 2.23. The highest BCUT2D eigenvalue weighted by Gasteiger charge is 2.09. The lowest BCUT2D eigenvalue weighted by Crippen LogP contribution is -2.08. The van der Waals surface area contributed by atoms with Crippen LogP contribution in [0.3, 0.4) is 0 Å². The molecule has 0 radical (unpaired) electrons. The number of rotatable bonds is 6. The highest BCUT2D eigenvalue weighted by atomic mass is 16.1. The van der Waals surface area contributed by atoms with Crippen LogP contribution < -0.4 is 0 Å². The maximum absolute atomic E-state index is 12.2. The van der Waals surface area contributed by atoms with Crippen LogP contribution in [0.25, 0.3) is 0 Å². The molecule has 0 unspecified atom stereocenters.